The Balaban J connectivity index is 2.17. The third-order valence-electron chi connectivity index (χ3n) is 2.39. The molecule has 0 aliphatic carbocycles. The second-order valence-corrected chi connectivity index (χ2v) is 4.83. The monoisotopic (exact) mass is 294 g/mol. The van der Waals surface area contributed by atoms with E-state index in [1.165, 1.54) is 6.07 Å². The van der Waals surface area contributed by atoms with Gasteiger partial charge in [0.15, 0.2) is 0 Å². The number of aromatic nitrogens is 2. The molecule has 0 unspecified atom stereocenters. The maximum Gasteiger partial charge on any atom is 0.252 e. The lowest BCUT2D eigenvalue weighted by Gasteiger charge is -2.11. The molecule has 0 saturated heterocycles. The van der Waals surface area contributed by atoms with Gasteiger partial charge in [-0.2, -0.15) is 9.97 Å². The van der Waals surface area contributed by atoms with Crippen LogP contribution in [-0.2, 0) is 0 Å². The molecule has 19 heavy (non-hydrogen) atoms. The van der Waals surface area contributed by atoms with Crippen LogP contribution in [-0.4, -0.2) is 30.3 Å². The van der Waals surface area contributed by atoms with E-state index in [1.807, 2.05) is 43.3 Å². The maximum atomic E-state index is 5.77. The van der Waals surface area contributed by atoms with E-state index in [4.69, 9.17) is 23.2 Å². The summed E-state index contributed by atoms with van der Waals surface area (Å²) in [6.45, 7) is 0. The molecule has 0 spiro atoms. The van der Waals surface area contributed by atoms with E-state index in [-0.39, 0.29) is 16.3 Å². The molecule has 1 aromatic carbocycles. The highest BCUT2D eigenvalue weighted by molar-refractivity contribution is 6.33. The van der Waals surface area contributed by atoms with Crippen LogP contribution in [0.5, 0.6) is 0 Å². The number of benzene rings is 1. The largest absolute Gasteiger partial charge is 0.378 e. The van der Waals surface area contributed by atoms with E-state index in [0.717, 1.165) is 11.3 Å². The molecule has 0 N–H and O–H groups in total. The van der Waals surface area contributed by atoms with Crippen LogP contribution in [0.3, 0.4) is 0 Å². The van der Waals surface area contributed by atoms with Crippen LogP contribution in [0.2, 0.25) is 10.3 Å². The highest BCUT2D eigenvalue weighted by Gasteiger charge is 1.99. The van der Waals surface area contributed by atoms with Gasteiger partial charge in [0.05, 0.1) is 0 Å². The molecule has 0 amide bonds. The van der Waals surface area contributed by atoms with E-state index in [9.17, 15) is 0 Å². The third-order valence-corrected chi connectivity index (χ3v) is 2.78. The van der Waals surface area contributed by atoms with Gasteiger partial charge in [0.25, 0.3) is 5.95 Å². The summed E-state index contributed by atoms with van der Waals surface area (Å²) in [4.78, 5) is 14.1. The van der Waals surface area contributed by atoms with E-state index >= 15 is 0 Å². The second-order valence-electron chi connectivity index (χ2n) is 4.06. The van der Waals surface area contributed by atoms with Crippen molar-refractivity contribution in [3.63, 3.8) is 0 Å². The summed E-state index contributed by atoms with van der Waals surface area (Å²) in [5.74, 6) is 0.245. The van der Waals surface area contributed by atoms with Crippen molar-refractivity contribution in [3.05, 3.63) is 46.2 Å². The van der Waals surface area contributed by atoms with E-state index in [2.05, 4.69) is 15.0 Å². The van der Waals surface area contributed by atoms with Crippen molar-refractivity contribution in [2.75, 3.05) is 19.0 Å². The first-order valence-corrected chi connectivity index (χ1v) is 6.32. The van der Waals surface area contributed by atoms with E-state index in [1.54, 1.807) is 6.21 Å². The van der Waals surface area contributed by atoms with E-state index < -0.39 is 0 Å². The summed E-state index contributed by atoms with van der Waals surface area (Å²) < 4.78 is 0. The molecule has 0 saturated carbocycles. The molecule has 1 heterocycles. The second kappa shape index (κ2) is 5.99. The highest BCUT2D eigenvalue weighted by atomic mass is 35.5. The Hall–Kier alpha value is -1.65. The van der Waals surface area contributed by atoms with E-state index in [0.29, 0.717) is 0 Å². The van der Waals surface area contributed by atoms with Gasteiger partial charge in [-0.15, -0.1) is 0 Å². The van der Waals surface area contributed by atoms with Gasteiger partial charge in [-0.3, -0.25) is 0 Å². The molecule has 1 aromatic heterocycles. The molecule has 0 bridgehead atoms. The molecule has 0 aliphatic rings. The Labute approximate surface area is 121 Å². The Morgan fingerprint density at radius 1 is 1.05 bits per heavy atom. The van der Waals surface area contributed by atoms with Crippen molar-refractivity contribution < 1.29 is 0 Å². The van der Waals surface area contributed by atoms with Gasteiger partial charge in [-0.05, 0) is 17.7 Å². The minimum absolute atomic E-state index is 0.245. The van der Waals surface area contributed by atoms with Crippen molar-refractivity contribution in [2.45, 2.75) is 0 Å². The van der Waals surface area contributed by atoms with Crippen LogP contribution in [0.1, 0.15) is 5.56 Å². The molecule has 0 aliphatic heterocycles. The maximum absolute atomic E-state index is 5.77. The van der Waals surface area contributed by atoms with Crippen molar-refractivity contribution in [1.29, 1.82) is 0 Å². The summed E-state index contributed by atoms with van der Waals surface area (Å²) in [6, 6.07) is 9.41. The summed E-state index contributed by atoms with van der Waals surface area (Å²) in [5.41, 5.74) is 2.07. The quantitative estimate of drug-likeness (QED) is 0.641. The lowest BCUT2D eigenvalue weighted by molar-refractivity contribution is 1.13. The fourth-order valence-corrected chi connectivity index (χ4v) is 1.84. The Kier molecular flexibility index (Phi) is 4.35. The molecule has 0 fully saturated rings. The number of nitrogens with zero attached hydrogens (tertiary/aromatic N) is 4. The van der Waals surface area contributed by atoms with Gasteiger partial charge >= 0.3 is 0 Å². The first-order valence-electron chi connectivity index (χ1n) is 5.56. The fourth-order valence-electron chi connectivity index (χ4n) is 1.43. The zero-order valence-corrected chi connectivity index (χ0v) is 12.0. The predicted octanol–water partition coefficient (Wildman–Crippen LogP) is 3.60. The number of hydrogen-bond donors (Lipinski definition) is 0. The number of aliphatic imine (C=N–C) groups is 1. The lowest BCUT2D eigenvalue weighted by atomic mass is 10.2. The standard InChI is InChI=1S/C13H12Cl2N4/c1-19(2)10-5-3-9(4-6-10)8-16-13-17-11(14)7-12(15)18-13/h3-8H,1-2H3. The zero-order chi connectivity index (χ0) is 13.8. The van der Waals surface area contributed by atoms with Gasteiger partial charge in [-0.25, -0.2) is 4.99 Å². The fraction of sp³-hybridized carbons (Fsp3) is 0.154. The van der Waals surface area contributed by atoms with Crippen LogP contribution >= 0.6 is 23.2 Å². The lowest BCUT2D eigenvalue weighted by Crippen LogP contribution is -2.08. The molecular weight excluding hydrogens is 283 g/mol. The average Bonchev–Trinajstić information content (AvgIpc) is 2.36. The minimum Gasteiger partial charge on any atom is -0.378 e. The summed E-state index contributed by atoms with van der Waals surface area (Å²) in [6.07, 6.45) is 1.67. The SMILES string of the molecule is CN(C)c1ccc(C=Nc2nc(Cl)cc(Cl)n2)cc1. The molecule has 98 valence electrons. The normalized spacial score (nSPS) is 10.9. The number of halogens is 2. The topological polar surface area (TPSA) is 41.4 Å². The summed E-state index contributed by atoms with van der Waals surface area (Å²) in [5, 5.41) is 0.546. The molecule has 0 radical (unpaired) electrons. The highest BCUT2D eigenvalue weighted by Crippen LogP contribution is 2.16. The number of anilines is 1. The van der Waals surface area contributed by atoms with Crippen LogP contribution in [0.15, 0.2) is 35.3 Å². The molecule has 0 atom stereocenters. The molecule has 4 nitrogen and oxygen atoms in total. The van der Waals surface area contributed by atoms with Crippen LogP contribution < -0.4 is 4.90 Å². The Bertz CT molecular complexity index is 574. The minimum atomic E-state index is 0.245. The summed E-state index contributed by atoms with van der Waals surface area (Å²) in [7, 11) is 3.98. The van der Waals surface area contributed by atoms with Crippen molar-refractivity contribution in [2.24, 2.45) is 4.99 Å². The van der Waals surface area contributed by atoms with Crippen LogP contribution in [0.25, 0.3) is 0 Å². The van der Waals surface area contributed by atoms with Gasteiger partial charge in [0, 0.05) is 32.1 Å². The van der Waals surface area contributed by atoms with Crippen molar-refractivity contribution in [1.82, 2.24) is 9.97 Å². The van der Waals surface area contributed by atoms with Gasteiger partial charge in [0.1, 0.15) is 10.3 Å². The van der Waals surface area contributed by atoms with Crippen LogP contribution in [0, 0.1) is 0 Å². The van der Waals surface area contributed by atoms with Gasteiger partial charge < -0.3 is 4.90 Å². The first kappa shape index (κ1) is 13.8. The zero-order valence-electron chi connectivity index (χ0n) is 10.5. The first-order chi connectivity index (χ1) is 9.04. The van der Waals surface area contributed by atoms with Crippen LogP contribution in [0.4, 0.5) is 11.6 Å². The molecule has 2 rings (SSSR count). The Morgan fingerprint density at radius 2 is 1.63 bits per heavy atom. The predicted molar refractivity (Wildman–Crippen MR) is 80.1 cm³/mol. The average molecular weight is 295 g/mol. The van der Waals surface area contributed by atoms with Crippen molar-refractivity contribution in [3.8, 4) is 0 Å². The number of hydrogen-bond acceptors (Lipinski definition) is 4. The Morgan fingerprint density at radius 3 is 2.16 bits per heavy atom. The van der Waals surface area contributed by atoms with Gasteiger partial charge in [-0.1, -0.05) is 35.3 Å². The molecule has 6 heteroatoms. The molecular formula is C13H12Cl2N4. The third kappa shape index (κ3) is 3.91. The van der Waals surface area contributed by atoms with Crippen molar-refractivity contribution >= 4 is 41.1 Å². The molecule has 2 aromatic rings. The summed E-state index contributed by atoms with van der Waals surface area (Å²) >= 11 is 11.5. The van der Waals surface area contributed by atoms with Gasteiger partial charge in [0.2, 0.25) is 0 Å². The number of rotatable bonds is 3. The smallest absolute Gasteiger partial charge is 0.252 e.